The maximum Gasteiger partial charge on any atom is 0.331 e. The summed E-state index contributed by atoms with van der Waals surface area (Å²) < 4.78 is 29.3. The van der Waals surface area contributed by atoms with Gasteiger partial charge in [-0.3, -0.25) is 19.2 Å². The standard InChI is InChI=1S/C31H42O10/c1-17(32)38-16-30-10-8-23(39-18(2)33)13-22(30)6-7-25-26(30)14-27(40-19(3)34)29(5)24(21-12-28(36)37-15-21)9-11-31(25,29)41-20(4)35/h12,22-27H,6-11,13-16H2,1-5H3/t22-,23-,24+,25+,26-,27+,29-,30+,31-/m0/s1. The zero-order valence-electron chi connectivity index (χ0n) is 24.7. The van der Waals surface area contributed by atoms with Crippen molar-refractivity contribution in [3.05, 3.63) is 11.6 Å². The van der Waals surface area contributed by atoms with Gasteiger partial charge >= 0.3 is 29.8 Å². The molecule has 0 N–H and O–H groups in total. The van der Waals surface area contributed by atoms with Gasteiger partial charge in [-0.1, -0.05) is 6.92 Å². The van der Waals surface area contributed by atoms with E-state index in [1.165, 1.54) is 33.8 Å². The molecule has 0 aromatic rings. The van der Waals surface area contributed by atoms with Crippen LogP contribution in [0.15, 0.2) is 11.6 Å². The largest absolute Gasteiger partial charge is 0.465 e. The van der Waals surface area contributed by atoms with E-state index in [-0.39, 0.29) is 54.9 Å². The van der Waals surface area contributed by atoms with Gasteiger partial charge in [-0.05, 0) is 74.7 Å². The molecule has 4 fully saturated rings. The van der Waals surface area contributed by atoms with E-state index >= 15 is 0 Å². The second kappa shape index (κ2) is 10.7. The van der Waals surface area contributed by atoms with Crippen molar-refractivity contribution in [3.63, 3.8) is 0 Å². The molecule has 5 aliphatic rings. The van der Waals surface area contributed by atoms with Gasteiger partial charge in [0.15, 0.2) is 0 Å². The highest BCUT2D eigenvalue weighted by molar-refractivity contribution is 5.85. The van der Waals surface area contributed by atoms with E-state index < -0.39 is 40.4 Å². The Morgan fingerprint density at radius 2 is 1.61 bits per heavy atom. The summed E-state index contributed by atoms with van der Waals surface area (Å²) in [7, 11) is 0. The summed E-state index contributed by atoms with van der Waals surface area (Å²) in [5, 5.41) is 0. The van der Waals surface area contributed by atoms with E-state index in [0.29, 0.717) is 38.5 Å². The maximum absolute atomic E-state index is 12.9. The van der Waals surface area contributed by atoms with Gasteiger partial charge in [0, 0.05) is 45.1 Å². The van der Waals surface area contributed by atoms with Gasteiger partial charge in [0.1, 0.15) is 24.4 Å². The lowest BCUT2D eigenvalue weighted by atomic mass is 9.42. The maximum atomic E-state index is 12.9. The molecule has 0 aromatic carbocycles. The molecule has 10 nitrogen and oxygen atoms in total. The molecule has 1 heterocycles. The molecule has 226 valence electrons. The van der Waals surface area contributed by atoms with Crippen molar-refractivity contribution >= 4 is 29.8 Å². The smallest absolute Gasteiger partial charge is 0.331 e. The Bertz CT molecular complexity index is 1160. The Morgan fingerprint density at radius 3 is 2.22 bits per heavy atom. The third kappa shape index (κ3) is 4.84. The minimum Gasteiger partial charge on any atom is -0.465 e. The molecule has 0 aromatic heterocycles. The molecule has 0 spiro atoms. The fourth-order valence-corrected chi connectivity index (χ4v) is 9.82. The molecule has 0 bridgehead atoms. The van der Waals surface area contributed by atoms with Crippen LogP contribution in [0.3, 0.4) is 0 Å². The van der Waals surface area contributed by atoms with Crippen LogP contribution in [0.25, 0.3) is 0 Å². The summed E-state index contributed by atoms with van der Waals surface area (Å²) in [6, 6.07) is 0. The van der Waals surface area contributed by atoms with Gasteiger partial charge in [-0.2, -0.15) is 0 Å². The zero-order valence-corrected chi connectivity index (χ0v) is 24.7. The number of ether oxygens (including phenoxy) is 5. The number of cyclic esters (lactones) is 1. The van der Waals surface area contributed by atoms with Crippen LogP contribution in [0.2, 0.25) is 0 Å². The minimum absolute atomic E-state index is 0.0788. The van der Waals surface area contributed by atoms with E-state index in [9.17, 15) is 24.0 Å². The molecule has 4 aliphatic carbocycles. The van der Waals surface area contributed by atoms with Crippen molar-refractivity contribution in [1.82, 2.24) is 0 Å². The normalized spacial score (nSPS) is 41.1. The lowest BCUT2D eigenvalue weighted by Crippen LogP contribution is -2.69. The minimum atomic E-state index is -0.958. The molecule has 0 unspecified atom stereocenters. The molecule has 0 amide bonds. The topological polar surface area (TPSA) is 132 Å². The Morgan fingerprint density at radius 1 is 0.878 bits per heavy atom. The third-order valence-electron chi connectivity index (χ3n) is 11.2. The molecule has 9 atom stereocenters. The van der Waals surface area contributed by atoms with Crippen LogP contribution in [0.5, 0.6) is 0 Å². The van der Waals surface area contributed by atoms with Crippen LogP contribution in [-0.2, 0) is 47.7 Å². The van der Waals surface area contributed by atoms with Gasteiger partial charge in [-0.15, -0.1) is 0 Å². The second-order valence-corrected chi connectivity index (χ2v) is 13.0. The number of hydrogen-bond acceptors (Lipinski definition) is 10. The molecule has 10 heteroatoms. The van der Waals surface area contributed by atoms with Crippen molar-refractivity contribution in [1.29, 1.82) is 0 Å². The van der Waals surface area contributed by atoms with Gasteiger partial charge < -0.3 is 23.7 Å². The summed E-state index contributed by atoms with van der Waals surface area (Å²) in [5.41, 5.74) is -1.37. The van der Waals surface area contributed by atoms with Gasteiger partial charge in [-0.25, -0.2) is 4.79 Å². The molecule has 0 radical (unpaired) electrons. The second-order valence-electron chi connectivity index (χ2n) is 13.0. The van der Waals surface area contributed by atoms with Crippen LogP contribution in [0.1, 0.15) is 86.0 Å². The van der Waals surface area contributed by atoms with Crippen LogP contribution in [0, 0.1) is 34.5 Å². The first-order chi connectivity index (χ1) is 19.3. The predicted octanol–water partition coefficient (Wildman–Crippen LogP) is 3.83. The molecule has 1 aliphatic heterocycles. The molecule has 0 saturated heterocycles. The Labute approximate surface area is 240 Å². The van der Waals surface area contributed by atoms with E-state index in [2.05, 4.69) is 0 Å². The van der Waals surface area contributed by atoms with E-state index in [1.807, 2.05) is 6.92 Å². The molecular formula is C31H42O10. The molecular weight excluding hydrogens is 532 g/mol. The van der Waals surface area contributed by atoms with Gasteiger partial charge in [0.2, 0.25) is 0 Å². The van der Waals surface area contributed by atoms with Crippen molar-refractivity contribution in [2.24, 2.45) is 34.5 Å². The number of fused-ring (bicyclic) bond motifs is 5. The fraction of sp³-hybridized carbons (Fsp3) is 0.774. The highest BCUT2D eigenvalue weighted by Gasteiger charge is 2.75. The van der Waals surface area contributed by atoms with Crippen molar-refractivity contribution < 1.29 is 47.7 Å². The third-order valence-corrected chi connectivity index (χ3v) is 11.2. The Kier molecular flexibility index (Phi) is 7.74. The summed E-state index contributed by atoms with van der Waals surface area (Å²) in [6.07, 6.45) is 5.97. The van der Waals surface area contributed by atoms with Crippen molar-refractivity contribution in [2.45, 2.75) is 104 Å². The number of hydrogen-bond donors (Lipinski definition) is 0. The number of carbonyl (C=O) groups excluding carboxylic acids is 5. The Hall–Kier alpha value is -2.91. The highest BCUT2D eigenvalue weighted by atomic mass is 16.6. The first-order valence-electron chi connectivity index (χ1n) is 14.9. The molecule has 41 heavy (non-hydrogen) atoms. The number of rotatable bonds is 6. The fourth-order valence-electron chi connectivity index (χ4n) is 9.82. The predicted molar refractivity (Wildman–Crippen MR) is 143 cm³/mol. The number of esters is 5. The summed E-state index contributed by atoms with van der Waals surface area (Å²) in [6.45, 7) is 8.04. The SMILES string of the molecule is CC(=O)OC[C@]12CC[C@H](OC(C)=O)C[C@@H]1CC[C@@H]1[C@@H]2C[C@@H](OC(C)=O)[C@]2(C)[C@@H](C3=CC(=O)OC3)CC[C@]12OC(C)=O. The summed E-state index contributed by atoms with van der Waals surface area (Å²) in [5.74, 6) is -2.13. The number of carbonyl (C=O) groups is 5. The highest BCUT2D eigenvalue weighted by Crippen LogP contribution is 2.71. The van der Waals surface area contributed by atoms with Crippen molar-refractivity contribution in [2.75, 3.05) is 13.2 Å². The van der Waals surface area contributed by atoms with E-state index in [0.717, 1.165) is 18.4 Å². The molecule has 4 saturated carbocycles. The van der Waals surface area contributed by atoms with Gasteiger partial charge in [0.05, 0.1) is 12.0 Å². The van der Waals surface area contributed by atoms with Crippen molar-refractivity contribution in [3.8, 4) is 0 Å². The van der Waals surface area contributed by atoms with E-state index in [1.54, 1.807) is 0 Å². The monoisotopic (exact) mass is 574 g/mol. The lowest BCUT2D eigenvalue weighted by molar-refractivity contribution is -0.266. The summed E-state index contributed by atoms with van der Waals surface area (Å²) in [4.78, 5) is 61.4. The zero-order chi connectivity index (χ0) is 29.7. The first kappa shape index (κ1) is 29.6. The van der Waals surface area contributed by atoms with Crippen LogP contribution in [0.4, 0.5) is 0 Å². The first-order valence-corrected chi connectivity index (χ1v) is 14.9. The Balaban J connectivity index is 1.62. The lowest BCUT2D eigenvalue weighted by Gasteiger charge is -2.66. The molecule has 5 rings (SSSR count). The van der Waals surface area contributed by atoms with Gasteiger partial charge in [0.25, 0.3) is 0 Å². The van der Waals surface area contributed by atoms with Crippen LogP contribution >= 0.6 is 0 Å². The van der Waals surface area contributed by atoms with Crippen LogP contribution in [-0.4, -0.2) is 60.9 Å². The summed E-state index contributed by atoms with van der Waals surface area (Å²) >= 11 is 0. The van der Waals surface area contributed by atoms with E-state index in [4.69, 9.17) is 23.7 Å². The average Bonchev–Trinajstić information content (AvgIpc) is 3.43. The quantitative estimate of drug-likeness (QED) is 0.341. The van der Waals surface area contributed by atoms with Crippen LogP contribution < -0.4 is 0 Å². The average molecular weight is 575 g/mol.